The third-order valence-corrected chi connectivity index (χ3v) is 8.74. The van der Waals surface area contributed by atoms with Crippen molar-refractivity contribution in [3.05, 3.63) is 35.3 Å². The third-order valence-electron chi connectivity index (χ3n) is 2.70. The number of aliphatic imine (C=N–C) groups is 1. The second-order valence-corrected chi connectivity index (χ2v) is 12.6. The van der Waals surface area contributed by atoms with Crippen LogP contribution in [0.2, 0.25) is 5.21 Å². The van der Waals surface area contributed by atoms with Gasteiger partial charge in [0.25, 0.3) is 0 Å². The van der Waals surface area contributed by atoms with E-state index in [1.54, 1.807) is 6.07 Å². The molecule has 0 fully saturated rings. The van der Waals surface area contributed by atoms with Gasteiger partial charge in [0.1, 0.15) is 0 Å². The van der Waals surface area contributed by atoms with Crippen molar-refractivity contribution in [3.63, 3.8) is 0 Å². The minimum absolute atomic E-state index is 0.0761. The maximum absolute atomic E-state index is 13.4. The van der Waals surface area contributed by atoms with Gasteiger partial charge >= 0.3 is 157 Å². The van der Waals surface area contributed by atoms with Crippen LogP contribution in [0.4, 0.5) is 10.1 Å². The molecule has 0 spiro atoms. The van der Waals surface area contributed by atoms with E-state index >= 15 is 0 Å². The molecule has 2 rings (SSSR count). The van der Waals surface area contributed by atoms with Crippen LogP contribution in [0.15, 0.2) is 32.8 Å². The zero-order valence-electron chi connectivity index (χ0n) is 12.8. The van der Waals surface area contributed by atoms with Gasteiger partial charge in [-0.1, -0.05) is 0 Å². The molecular formula is C12H11AsFN6O4S2. The number of benzene rings is 1. The van der Waals surface area contributed by atoms with Crippen molar-refractivity contribution in [1.29, 1.82) is 5.26 Å². The topological polar surface area (TPSA) is 167 Å². The summed E-state index contributed by atoms with van der Waals surface area (Å²) < 4.78 is 39.9. The van der Waals surface area contributed by atoms with Crippen LogP contribution < -0.4 is 10.6 Å². The summed E-state index contributed by atoms with van der Waals surface area (Å²) in [4.78, 5) is 4.05. The van der Waals surface area contributed by atoms with Crippen molar-refractivity contribution >= 4 is 46.2 Å². The van der Waals surface area contributed by atoms with Crippen LogP contribution in [0.25, 0.3) is 0 Å². The molecule has 0 amide bonds. The zero-order valence-corrected chi connectivity index (χ0v) is 16.3. The number of nitrogens with one attached hydrogen (secondary N) is 1. The molecule has 0 saturated heterocycles. The van der Waals surface area contributed by atoms with E-state index in [-0.39, 0.29) is 27.8 Å². The SMILES string of the molecule is N#Cc1cc(N=C(NO)c2nonc2SCC[As]S(N)(=O)=O)ccc1F. The van der Waals surface area contributed by atoms with E-state index in [1.165, 1.54) is 12.1 Å². The van der Waals surface area contributed by atoms with E-state index < -0.39 is 28.7 Å². The Morgan fingerprint density at radius 2 is 2.31 bits per heavy atom. The van der Waals surface area contributed by atoms with Crippen LogP contribution in [0.3, 0.4) is 0 Å². The van der Waals surface area contributed by atoms with Crippen LogP contribution >= 0.6 is 11.8 Å². The number of nitrogens with two attached hydrogens (primary N) is 1. The van der Waals surface area contributed by atoms with Crippen molar-refractivity contribution in [2.75, 3.05) is 5.75 Å². The Morgan fingerprint density at radius 1 is 1.54 bits per heavy atom. The first-order valence-corrected chi connectivity index (χ1v) is 12.8. The first-order valence-electron chi connectivity index (χ1n) is 6.69. The van der Waals surface area contributed by atoms with Gasteiger partial charge in [0.05, 0.1) is 0 Å². The predicted octanol–water partition coefficient (Wildman–Crippen LogP) is 0.556. The number of rotatable bonds is 7. The first kappa shape index (κ1) is 20.3. The van der Waals surface area contributed by atoms with Crippen LogP contribution in [0.5, 0.6) is 0 Å². The molecule has 0 atom stereocenters. The molecule has 1 aromatic heterocycles. The van der Waals surface area contributed by atoms with Gasteiger partial charge in [0.2, 0.25) is 0 Å². The van der Waals surface area contributed by atoms with Crippen molar-refractivity contribution in [2.45, 2.75) is 10.2 Å². The molecule has 1 radical (unpaired) electrons. The average Bonchev–Trinajstić information content (AvgIpc) is 3.05. The number of nitriles is 1. The number of hydroxylamine groups is 1. The molecule has 10 nitrogen and oxygen atoms in total. The Labute approximate surface area is 157 Å². The molecule has 0 aliphatic heterocycles. The number of nitrogens with zero attached hydrogens (tertiary/aromatic N) is 4. The fraction of sp³-hybridized carbons (Fsp3) is 0.167. The van der Waals surface area contributed by atoms with Gasteiger partial charge in [0, 0.05) is 0 Å². The second kappa shape index (κ2) is 9.11. The fourth-order valence-electron chi connectivity index (χ4n) is 1.66. The van der Waals surface area contributed by atoms with Crippen molar-refractivity contribution in [2.24, 2.45) is 10.1 Å². The summed E-state index contributed by atoms with van der Waals surface area (Å²) in [5.74, 6) is -0.434. The number of hydrogen-bond acceptors (Lipinski definition) is 9. The molecule has 0 aliphatic carbocycles. The number of halogens is 1. The molecule has 14 heteroatoms. The van der Waals surface area contributed by atoms with Crippen LogP contribution in [-0.4, -0.2) is 50.1 Å². The summed E-state index contributed by atoms with van der Waals surface area (Å²) in [6, 6.07) is 5.26. The van der Waals surface area contributed by atoms with Crippen LogP contribution in [0.1, 0.15) is 11.3 Å². The molecule has 1 aromatic carbocycles. The normalized spacial score (nSPS) is 12.5. The van der Waals surface area contributed by atoms with Crippen molar-refractivity contribution < 1.29 is 22.6 Å². The standard InChI is InChI=1S/C12H11AsFN6O4S2/c14-9-2-1-8(5-7(9)6-15)17-11(18-21)10-12(20-24-19-10)25-4-3-13-26(16,22)23/h1-2,5,21H,3-4H2,(H,17,18)(H2,16,22,23). The number of hydrogen-bond donors (Lipinski definition) is 3. The maximum atomic E-state index is 13.4. The van der Waals surface area contributed by atoms with Gasteiger partial charge in [-0.2, -0.15) is 0 Å². The minimum atomic E-state index is -3.46. The van der Waals surface area contributed by atoms with E-state index in [9.17, 15) is 18.0 Å². The predicted molar refractivity (Wildman–Crippen MR) is 90.9 cm³/mol. The van der Waals surface area contributed by atoms with Gasteiger partial charge < -0.3 is 0 Å². The van der Waals surface area contributed by atoms with Gasteiger partial charge in [-0.3, -0.25) is 0 Å². The summed E-state index contributed by atoms with van der Waals surface area (Å²) in [5.41, 5.74) is 1.91. The van der Waals surface area contributed by atoms with Crippen molar-refractivity contribution in [1.82, 2.24) is 15.8 Å². The number of thioether (sulfide) groups is 1. The van der Waals surface area contributed by atoms with Crippen LogP contribution in [0, 0.1) is 17.1 Å². The summed E-state index contributed by atoms with van der Waals surface area (Å²) in [7, 11) is -3.46. The number of aromatic nitrogens is 2. The van der Waals surface area contributed by atoms with E-state index in [1.807, 2.05) is 5.48 Å². The molecule has 26 heavy (non-hydrogen) atoms. The van der Waals surface area contributed by atoms with Gasteiger partial charge in [-0.05, 0) is 0 Å². The monoisotopic (exact) mass is 461 g/mol. The molecule has 137 valence electrons. The summed E-state index contributed by atoms with van der Waals surface area (Å²) >= 11 is 0.107. The summed E-state index contributed by atoms with van der Waals surface area (Å²) in [6.45, 7) is 0. The molecule has 0 aliphatic rings. The van der Waals surface area contributed by atoms with E-state index in [2.05, 4.69) is 19.9 Å². The van der Waals surface area contributed by atoms with Gasteiger partial charge in [0.15, 0.2) is 0 Å². The molecule has 0 saturated carbocycles. The molecule has 0 unspecified atom stereocenters. The van der Waals surface area contributed by atoms with Crippen LogP contribution in [-0.2, 0) is 8.29 Å². The van der Waals surface area contributed by atoms with Crippen molar-refractivity contribution in [3.8, 4) is 6.07 Å². The Hall–Kier alpha value is -1.97. The molecular weight excluding hydrogens is 450 g/mol. The zero-order chi connectivity index (χ0) is 19.2. The fourth-order valence-corrected chi connectivity index (χ4v) is 6.43. The van der Waals surface area contributed by atoms with Gasteiger partial charge in [-0.15, -0.1) is 0 Å². The summed E-state index contributed by atoms with van der Waals surface area (Å²) in [5, 5.41) is 31.1. The molecule has 0 bridgehead atoms. The Bertz CT molecular complexity index is 959. The third kappa shape index (κ3) is 5.79. The van der Waals surface area contributed by atoms with E-state index in [0.717, 1.165) is 17.8 Å². The Balaban J connectivity index is 2.18. The molecule has 1 heterocycles. The van der Waals surface area contributed by atoms with E-state index in [0.29, 0.717) is 11.0 Å². The second-order valence-electron chi connectivity index (χ2n) is 4.48. The Kier molecular flexibility index (Phi) is 7.13. The molecule has 4 N–H and O–H groups in total. The quantitative estimate of drug-likeness (QED) is 0.133. The summed E-state index contributed by atoms with van der Waals surface area (Å²) in [6.07, 6.45) is 0. The Morgan fingerprint density at radius 3 is 2.96 bits per heavy atom. The molecule has 2 aromatic rings. The first-order chi connectivity index (χ1) is 12.3. The van der Waals surface area contributed by atoms with Gasteiger partial charge in [-0.25, -0.2) is 0 Å². The van der Waals surface area contributed by atoms with E-state index in [4.69, 9.17) is 10.4 Å². The average molecular weight is 461 g/mol. The number of amidine groups is 1.